The number of rotatable bonds is 5. The second kappa shape index (κ2) is 7.56. The van der Waals surface area contributed by atoms with Crippen LogP contribution in [0.2, 0.25) is 0 Å². The molecule has 2 atom stereocenters. The van der Waals surface area contributed by atoms with Crippen molar-refractivity contribution in [3.63, 3.8) is 0 Å². The van der Waals surface area contributed by atoms with E-state index in [0.717, 1.165) is 31.4 Å². The van der Waals surface area contributed by atoms with Gasteiger partial charge in [0.05, 0.1) is 17.5 Å². The minimum absolute atomic E-state index is 0.0812. The average molecular weight is 333 g/mol. The molecular formula is C15H19N5O2S. The summed E-state index contributed by atoms with van der Waals surface area (Å²) in [4.78, 5) is 0. The second-order valence-electron chi connectivity index (χ2n) is 5.55. The topological polar surface area (TPSA) is 96.4 Å². The van der Waals surface area contributed by atoms with Gasteiger partial charge in [0, 0.05) is 11.7 Å². The van der Waals surface area contributed by atoms with E-state index in [1.54, 1.807) is 4.68 Å². The molecule has 0 bridgehead atoms. The van der Waals surface area contributed by atoms with Crippen molar-refractivity contribution in [2.75, 3.05) is 5.75 Å². The summed E-state index contributed by atoms with van der Waals surface area (Å²) in [6.07, 6.45) is 3.25. The van der Waals surface area contributed by atoms with Gasteiger partial charge >= 0.3 is 0 Å². The molecule has 2 aromatic rings. The summed E-state index contributed by atoms with van der Waals surface area (Å²) in [7, 11) is 0. The zero-order valence-corrected chi connectivity index (χ0v) is 13.4. The number of benzene rings is 1. The SMILES string of the molecule is O/N=C(/CSc1nnnn1-c1ccccc1)C1CCCCC1O. The van der Waals surface area contributed by atoms with Crippen LogP contribution < -0.4 is 0 Å². The van der Waals surface area contributed by atoms with Crippen LogP contribution in [0.1, 0.15) is 25.7 Å². The maximum absolute atomic E-state index is 10.1. The Labute approximate surface area is 138 Å². The third-order valence-corrected chi connectivity index (χ3v) is 5.03. The van der Waals surface area contributed by atoms with E-state index in [0.29, 0.717) is 16.6 Å². The van der Waals surface area contributed by atoms with Crippen molar-refractivity contribution in [1.82, 2.24) is 20.2 Å². The molecule has 1 aliphatic rings. The first-order chi connectivity index (χ1) is 11.3. The van der Waals surface area contributed by atoms with Crippen molar-refractivity contribution in [3.8, 4) is 5.69 Å². The van der Waals surface area contributed by atoms with Crippen LogP contribution in [0, 0.1) is 5.92 Å². The zero-order chi connectivity index (χ0) is 16.1. The van der Waals surface area contributed by atoms with Crippen LogP contribution >= 0.6 is 11.8 Å². The minimum atomic E-state index is -0.430. The van der Waals surface area contributed by atoms with Crippen LogP contribution in [0.15, 0.2) is 40.6 Å². The van der Waals surface area contributed by atoms with E-state index in [1.165, 1.54) is 11.8 Å². The summed E-state index contributed by atoms with van der Waals surface area (Å²) >= 11 is 1.40. The van der Waals surface area contributed by atoms with Gasteiger partial charge in [-0.25, -0.2) is 0 Å². The van der Waals surface area contributed by atoms with Crippen molar-refractivity contribution in [2.24, 2.45) is 11.1 Å². The summed E-state index contributed by atoms with van der Waals surface area (Å²) in [5.74, 6) is 0.369. The van der Waals surface area contributed by atoms with Gasteiger partial charge in [0.2, 0.25) is 5.16 Å². The normalized spacial score (nSPS) is 22.2. The van der Waals surface area contributed by atoms with Crippen molar-refractivity contribution in [3.05, 3.63) is 30.3 Å². The standard InChI is InChI=1S/C15H19N5O2S/c21-14-9-5-4-8-12(14)13(17-22)10-23-15-16-18-19-20(15)11-6-2-1-3-7-11/h1-3,6-7,12,14,21-22H,4-5,8-10H2/b17-13-. The number of aromatic nitrogens is 4. The lowest BCUT2D eigenvalue weighted by Crippen LogP contribution is -2.32. The minimum Gasteiger partial charge on any atom is -0.411 e. The predicted molar refractivity (Wildman–Crippen MR) is 87.1 cm³/mol. The van der Waals surface area contributed by atoms with E-state index < -0.39 is 6.10 Å². The molecule has 2 N–H and O–H groups in total. The van der Waals surface area contributed by atoms with E-state index in [4.69, 9.17) is 0 Å². The second-order valence-corrected chi connectivity index (χ2v) is 6.49. The van der Waals surface area contributed by atoms with Gasteiger partial charge in [-0.05, 0) is 35.4 Å². The maximum Gasteiger partial charge on any atom is 0.214 e. The molecule has 0 radical (unpaired) electrons. The molecule has 0 amide bonds. The Morgan fingerprint density at radius 3 is 2.78 bits per heavy atom. The highest BCUT2D eigenvalue weighted by molar-refractivity contribution is 7.99. The Morgan fingerprint density at radius 2 is 2.04 bits per heavy atom. The smallest absolute Gasteiger partial charge is 0.214 e. The van der Waals surface area contributed by atoms with Crippen LogP contribution in [0.4, 0.5) is 0 Å². The van der Waals surface area contributed by atoms with E-state index >= 15 is 0 Å². The molecule has 7 nitrogen and oxygen atoms in total. The maximum atomic E-state index is 10.1. The first-order valence-corrected chi connectivity index (χ1v) is 8.63. The van der Waals surface area contributed by atoms with E-state index in [1.807, 2.05) is 30.3 Å². The Balaban J connectivity index is 1.70. The Morgan fingerprint density at radius 1 is 1.26 bits per heavy atom. The molecule has 1 heterocycles. The molecular weight excluding hydrogens is 314 g/mol. The first kappa shape index (κ1) is 15.9. The number of para-hydroxylation sites is 1. The van der Waals surface area contributed by atoms with Crippen LogP contribution in [-0.2, 0) is 0 Å². The van der Waals surface area contributed by atoms with Crippen LogP contribution in [0.25, 0.3) is 5.69 Å². The third-order valence-electron chi connectivity index (χ3n) is 4.08. The molecule has 1 fully saturated rings. The van der Waals surface area contributed by atoms with Gasteiger partial charge in [-0.2, -0.15) is 4.68 Å². The summed E-state index contributed by atoms with van der Waals surface area (Å²) in [5.41, 5.74) is 1.48. The molecule has 0 spiro atoms. The number of aliphatic hydroxyl groups is 1. The lowest BCUT2D eigenvalue weighted by molar-refractivity contribution is 0.0992. The fraction of sp³-hybridized carbons (Fsp3) is 0.467. The Hall–Kier alpha value is -1.93. The average Bonchev–Trinajstić information content (AvgIpc) is 3.06. The van der Waals surface area contributed by atoms with Gasteiger partial charge in [0.1, 0.15) is 0 Å². The molecule has 2 unspecified atom stereocenters. The molecule has 1 aromatic carbocycles. The van der Waals surface area contributed by atoms with Crippen molar-refractivity contribution in [1.29, 1.82) is 0 Å². The summed E-state index contributed by atoms with van der Waals surface area (Å²) in [6.45, 7) is 0. The summed E-state index contributed by atoms with van der Waals surface area (Å²) in [5, 5.41) is 35.2. The number of nitrogens with zero attached hydrogens (tertiary/aromatic N) is 5. The first-order valence-electron chi connectivity index (χ1n) is 7.65. The van der Waals surface area contributed by atoms with Crippen molar-refractivity contribution in [2.45, 2.75) is 36.9 Å². The van der Waals surface area contributed by atoms with Crippen molar-refractivity contribution >= 4 is 17.5 Å². The van der Waals surface area contributed by atoms with E-state index in [2.05, 4.69) is 20.7 Å². The lowest BCUT2D eigenvalue weighted by Gasteiger charge is -2.27. The van der Waals surface area contributed by atoms with E-state index in [9.17, 15) is 10.3 Å². The quantitative estimate of drug-likeness (QED) is 0.377. The van der Waals surface area contributed by atoms with Gasteiger partial charge in [-0.3, -0.25) is 0 Å². The van der Waals surface area contributed by atoms with Gasteiger partial charge in [0.15, 0.2) is 0 Å². The summed E-state index contributed by atoms with van der Waals surface area (Å²) < 4.78 is 1.65. The van der Waals surface area contributed by atoms with Crippen LogP contribution in [-0.4, -0.2) is 48.1 Å². The van der Waals surface area contributed by atoms with Gasteiger partial charge in [-0.15, -0.1) is 5.10 Å². The van der Waals surface area contributed by atoms with Crippen LogP contribution in [0.5, 0.6) is 0 Å². The summed E-state index contributed by atoms with van der Waals surface area (Å²) in [6, 6.07) is 9.62. The number of thioether (sulfide) groups is 1. The molecule has 0 aliphatic heterocycles. The third kappa shape index (κ3) is 3.70. The molecule has 1 aliphatic carbocycles. The lowest BCUT2D eigenvalue weighted by atomic mass is 9.84. The van der Waals surface area contributed by atoms with Gasteiger partial charge in [0.25, 0.3) is 0 Å². The molecule has 3 rings (SSSR count). The molecule has 122 valence electrons. The fourth-order valence-corrected chi connectivity index (χ4v) is 3.76. The van der Waals surface area contributed by atoms with Crippen LogP contribution in [0.3, 0.4) is 0 Å². The fourth-order valence-electron chi connectivity index (χ4n) is 2.85. The molecule has 1 saturated carbocycles. The highest BCUT2D eigenvalue weighted by atomic mass is 32.2. The Bertz CT molecular complexity index is 661. The number of hydrogen-bond donors (Lipinski definition) is 2. The molecule has 23 heavy (non-hydrogen) atoms. The highest BCUT2D eigenvalue weighted by Gasteiger charge is 2.28. The monoisotopic (exact) mass is 333 g/mol. The van der Waals surface area contributed by atoms with Gasteiger partial charge in [-0.1, -0.05) is 48.0 Å². The largest absolute Gasteiger partial charge is 0.411 e. The predicted octanol–water partition coefficient (Wildman–Crippen LogP) is 2.14. The highest BCUT2D eigenvalue weighted by Crippen LogP contribution is 2.28. The number of tetrazole rings is 1. The Kier molecular flexibility index (Phi) is 5.24. The number of oxime groups is 1. The molecule has 1 aromatic heterocycles. The van der Waals surface area contributed by atoms with E-state index in [-0.39, 0.29) is 5.92 Å². The molecule has 0 saturated heterocycles. The van der Waals surface area contributed by atoms with Gasteiger partial charge < -0.3 is 10.3 Å². The molecule has 8 heteroatoms. The van der Waals surface area contributed by atoms with Crippen molar-refractivity contribution < 1.29 is 10.3 Å². The number of hydrogen-bond acceptors (Lipinski definition) is 7. The number of aliphatic hydroxyl groups excluding tert-OH is 1. The zero-order valence-electron chi connectivity index (χ0n) is 12.6.